The molecule has 6 N–H and O–H groups in total. The number of rotatable bonds is 6. The van der Waals surface area contributed by atoms with E-state index >= 15 is 0 Å². The Kier molecular flexibility index (Phi) is 7.40. The summed E-state index contributed by atoms with van der Waals surface area (Å²) in [7, 11) is -7.57. The van der Waals surface area contributed by atoms with Gasteiger partial charge in [0.2, 0.25) is 20.0 Å². The number of hydrogen-bond acceptors (Lipinski definition) is 8. The van der Waals surface area contributed by atoms with Crippen LogP contribution in [0.5, 0.6) is 0 Å². The molecule has 0 aromatic carbocycles. The summed E-state index contributed by atoms with van der Waals surface area (Å²) in [4.78, 5) is 8.28. The first-order valence-corrected chi connectivity index (χ1v) is 13.3. The molecule has 0 unspecified atom stereocenters. The number of primary sulfonamides is 2. The minimum Gasteiger partial charge on any atom is -0.385 e. The van der Waals surface area contributed by atoms with E-state index in [1.165, 1.54) is 13.8 Å². The number of imidazole rings is 2. The third kappa shape index (κ3) is 5.78. The summed E-state index contributed by atoms with van der Waals surface area (Å²) in [6.07, 6.45) is 4.23. The third-order valence-corrected chi connectivity index (χ3v) is 7.89. The molecule has 0 bridgehead atoms. The maximum Gasteiger partial charge on any atom is 0.214 e. The van der Waals surface area contributed by atoms with Crippen molar-refractivity contribution in [1.82, 2.24) is 18.8 Å². The number of aliphatic hydroxyl groups excluding tert-OH is 2. The topological polar surface area (TPSA) is 195 Å². The average molecular weight is 511 g/mol. The molecule has 4 atom stereocenters. The third-order valence-electron chi connectivity index (χ3n) is 5.30. The van der Waals surface area contributed by atoms with Crippen molar-refractivity contribution in [3.05, 3.63) is 72.6 Å². The molecule has 4 aromatic heterocycles. The van der Waals surface area contributed by atoms with Crippen LogP contribution in [0.4, 0.5) is 0 Å². The molecular formula is C20H26N6O6S2. The number of hydrogen-bond donors (Lipinski definition) is 4. The zero-order valence-electron chi connectivity index (χ0n) is 18.4. The molecule has 4 heterocycles. The van der Waals surface area contributed by atoms with E-state index in [1.54, 1.807) is 45.7 Å². The maximum absolute atomic E-state index is 11.1. The highest BCUT2D eigenvalue weighted by Crippen LogP contribution is 2.21. The molecule has 0 radical (unpaired) electrons. The summed E-state index contributed by atoms with van der Waals surface area (Å²) >= 11 is 0. The van der Waals surface area contributed by atoms with Gasteiger partial charge in [-0.15, -0.1) is 0 Å². The fourth-order valence-electron chi connectivity index (χ4n) is 3.03. The van der Waals surface area contributed by atoms with Crippen LogP contribution in [0.25, 0.3) is 11.3 Å². The first-order valence-electron chi connectivity index (χ1n) is 10.1. The van der Waals surface area contributed by atoms with Gasteiger partial charge in [0, 0.05) is 24.8 Å². The van der Waals surface area contributed by atoms with E-state index in [0.717, 1.165) is 0 Å². The Labute approximate surface area is 196 Å². The normalized spacial score (nSPS) is 15.9. The van der Waals surface area contributed by atoms with Gasteiger partial charge in [0.25, 0.3) is 0 Å². The second-order valence-electron chi connectivity index (χ2n) is 7.74. The molecule has 0 saturated carbocycles. The fourth-order valence-corrected chi connectivity index (χ4v) is 4.03. The van der Waals surface area contributed by atoms with Gasteiger partial charge in [0.05, 0.1) is 11.4 Å². The van der Waals surface area contributed by atoms with Crippen molar-refractivity contribution in [2.24, 2.45) is 10.3 Å². The predicted molar refractivity (Wildman–Crippen MR) is 125 cm³/mol. The van der Waals surface area contributed by atoms with Crippen LogP contribution in [0.3, 0.4) is 0 Å². The summed E-state index contributed by atoms with van der Waals surface area (Å²) in [5.41, 5.74) is 1.86. The van der Waals surface area contributed by atoms with Gasteiger partial charge in [-0.2, -0.15) is 0 Å². The van der Waals surface area contributed by atoms with E-state index < -0.39 is 42.8 Å². The van der Waals surface area contributed by atoms with Gasteiger partial charge in [0.15, 0.2) is 0 Å². The number of sulfonamides is 2. The van der Waals surface area contributed by atoms with Crippen LogP contribution in [0, 0.1) is 0 Å². The van der Waals surface area contributed by atoms with Gasteiger partial charge < -0.3 is 19.0 Å². The van der Waals surface area contributed by atoms with Gasteiger partial charge in [-0.1, -0.05) is 12.1 Å². The summed E-state index contributed by atoms with van der Waals surface area (Å²) in [5.74, 6) is 0. The molecule has 4 aromatic rings. The number of nitrogens with zero attached hydrogens (tertiary/aromatic N) is 4. The highest BCUT2D eigenvalue weighted by atomic mass is 32.2. The maximum atomic E-state index is 11.1. The van der Waals surface area contributed by atoms with Crippen LogP contribution >= 0.6 is 0 Å². The van der Waals surface area contributed by atoms with Crippen molar-refractivity contribution in [3.8, 4) is 0 Å². The summed E-state index contributed by atoms with van der Waals surface area (Å²) in [6, 6.07) is 10.8. The van der Waals surface area contributed by atoms with E-state index in [-0.39, 0.29) is 11.4 Å². The lowest BCUT2D eigenvalue weighted by Gasteiger charge is -2.14. The highest BCUT2D eigenvalue weighted by Gasteiger charge is 2.29. The monoisotopic (exact) mass is 510 g/mol. The van der Waals surface area contributed by atoms with Crippen molar-refractivity contribution >= 4 is 31.3 Å². The molecule has 0 aliphatic heterocycles. The number of nitrogens with two attached hydrogens (primary N) is 2. The van der Waals surface area contributed by atoms with Crippen molar-refractivity contribution in [2.75, 3.05) is 0 Å². The minimum absolute atomic E-state index is 0.290. The minimum atomic E-state index is -3.79. The van der Waals surface area contributed by atoms with E-state index in [2.05, 4.69) is 9.97 Å². The number of aromatic nitrogens is 4. The largest absolute Gasteiger partial charge is 0.385 e. The van der Waals surface area contributed by atoms with Gasteiger partial charge >= 0.3 is 0 Å². The van der Waals surface area contributed by atoms with Crippen LogP contribution in [0.2, 0.25) is 0 Å². The first kappa shape index (κ1) is 25.7. The predicted octanol–water partition coefficient (Wildman–Crippen LogP) is 0.0894. The zero-order valence-corrected chi connectivity index (χ0v) is 20.0. The Morgan fingerprint density at radius 2 is 1.09 bits per heavy atom. The van der Waals surface area contributed by atoms with Crippen LogP contribution in [0.1, 0.15) is 37.4 Å². The SMILES string of the molecule is C[C@@H]([C@H](O)c1cn2ccccc2n1)S(N)(=O)=O.C[C@H]([C@@H](O)c1cn2ccccc2n1)S(N)(=O)=O. The van der Waals surface area contributed by atoms with E-state index in [9.17, 15) is 27.0 Å². The molecule has 0 amide bonds. The van der Waals surface area contributed by atoms with Gasteiger partial charge in [-0.25, -0.2) is 37.1 Å². The lowest BCUT2D eigenvalue weighted by Crippen LogP contribution is -2.31. The molecule has 12 nitrogen and oxygen atoms in total. The van der Waals surface area contributed by atoms with Crippen LogP contribution < -0.4 is 10.3 Å². The van der Waals surface area contributed by atoms with Crippen LogP contribution in [-0.2, 0) is 20.0 Å². The number of aliphatic hydroxyl groups is 2. The second-order valence-corrected chi connectivity index (χ2v) is 11.6. The molecule has 184 valence electrons. The second kappa shape index (κ2) is 9.77. The lowest BCUT2D eigenvalue weighted by molar-refractivity contribution is 0.171. The molecule has 0 aliphatic rings. The summed E-state index contributed by atoms with van der Waals surface area (Å²) < 4.78 is 48.0. The van der Waals surface area contributed by atoms with Crippen molar-refractivity contribution < 1.29 is 27.0 Å². The Hall–Kier alpha value is -2.88. The molecule has 0 saturated heterocycles. The molecular weight excluding hydrogens is 484 g/mol. The first-order chi connectivity index (χ1) is 15.8. The van der Waals surface area contributed by atoms with Crippen molar-refractivity contribution in [3.63, 3.8) is 0 Å². The Balaban J connectivity index is 0.000000191. The van der Waals surface area contributed by atoms with Gasteiger partial charge in [-0.3, -0.25) is 0 Å². The van der Waals surface area contributed by atoms with Crippen molar-refractivity contribution in [2.45, 2.75) is 36.6 Å². The Morgan fingerprint density at radius 1 is 0.735 bits per heavy atom. The summed E-state index contributed by atoms with van der Waals surface area (Å²) in [5, 5.41) is 27.6. The van der Waals surface area contributed by atoms with Gasteiger partial charge in [-0.05, 0) is 38.1 Å². The highest BCUT2D eigenvalue weighted by molar-refractivity contribution is 7.90. The molecule has 34 heavy (non-hydrogen) atoms. The molecule has 0 fully saturated rings. The quantitative estimate of drug-likeness (QED) is 0.280. The van der Waals surface area contributed by atoms with Gasteiger partial charge in [0.1, 0.15) is 34.0 Å². The van der Waals surface area contributed by atoms with Crippen LogP contribution in [0.15, 0.2) is 61.2 Å². The molecule has 4 rings (SSSR count). The molecule has 0 aliphatic carbocycles. The smallest absolute Gasteiger partial charge is 0.214 e. The van der Waals surface area contributed by atoms with E-state index in [0.29, 0.717) is 11.3 Å². The molecule has 0 spiro atoms. The fraction of sp³-hybridized carbons (Fsp3) is 0.300. The van der Waals surface area contributed by atoms with E-state index in [4.69, 9.17) is 10.3 Å². The Morgan fingerprint density at radius 3 is 1.38 bits per heavy atom. The van der Waals surface area contributed by atoms with Crippen LogP contribution in [-0.4, -0.2) is 56.3 Å². The average Bonchev–Trinajstić information content (AvgIpc) is 3.40. The van der Waals surface area contributed by atoms with Crippen molar-refractivity contribution in [1.29, 1.82) is 0 Å². The lowest BCUT2D eigenvalue weighted by atomic mass is 10.2. The number of fused-ring (bicyclic) bond motifs is 2. The summed E-state index contributed by atoms with van der Waals surface area (Å²) in [6.45, 7) is 2.70. The zero-order chi connectivity index (χ0) is 25.3. The van der Waals surface area contributed by atoms with E-state index in [1.807, 2.05) is 24.3 Å². The molecule has 14 heteroatoms. The number of pyridine rings is 2. The standard InChI is InChI=1S/2C10H13N3O3S/c2*1-7(17(11,15)16)10(14)8-6-13-5-3-2-4-9(13)12-8/h2*2-7,10,14H,1H3,(H2,11,15,16)/t2*7-,10-/m10/s1. The Bertz CT molecular complexity index is 1320.